The smallest absolute Gasteiger partial charge is 0.264 e. The minimum atomic E-state index is -3.45. The fraction of sp³-hybridized carbons (Fsp3) is 0.667. The zero-order chi connectivity index (χ0) is 20.4. The average Bonchev–Trinajstić information content (AvgIpc) is 3.40. The molecule has 0 spiro atoms. The Hall–Kier alpha value is -1.64. The molecule has 0 bridgehead atoms. The van der Waals surface area contributed by atoms with Gasteiger partial charge in [0.1, 0.15) is 11.3 Å². The van der Waals surface area contributed by atoms with Gasteiger partial charge >= 0.3 is 0 Å². The number of ether oxygens (including phenoxy) is 2. The molecule has 2 fully saturated rings. The van der Waals surface area contributed by atoms with Crippen LogP contribution in [-0.4, -0.2) is 45.1 Å². The summed E-state index contributed by atoms with van der Waals surface area (Å²) < 4.78 is 44.9. The number of hydrogen-bond acceptors (Lipinski definition) is 7. The Bertz CT molecular complexity index is 928. The molecule has 0 N–H and O–H groups in total. The number of benzene rings is 1. The number of rotatable bonds is 9. The van der Waals surface area contributed by atoms with Gasteiger partial charge in [-0.2, -0.15) is 8.42 Å². The van der Waals surface area contributed by atoms with Crippen molar-refractivity contribution in [1.29, 1.82) is 0 Å². The van der Waals surface area contributed by atoms with Crippen molar-refractivity contribution in [1.82, 2.24) is 4.98 Å². The van der Waals surface area contributed by atoms with Crippen LogP contribution in [0.4, 0.5) is 0 Å². The van der Waals surface area contributed by atoms with Crippen molar-refractivity contribution < 1.29 is 26.5 Å². The summed E-state index contributed by atoms with van der Waals surface area (Å²) in [5.41, 5.74) is 1.64. The lowest BCUT2D eigenvalue weighted by atomic mass is 9.87. The molecule has 0 radical (unpaired) electrons. The van der Waals surface area contributed by atoms with Gasteiger partial charge in [0.05, 0.1) is 31.7 Å². The largest absolute Gasteiger partial charge is 0.493 e. The van der Waals surface area contributed by atoms with Crippen LogP contribution >= 0.6 is 0 Å². The molecule has 2 aromatic rings. The van der Waals surface area contributed by atoms with Crippen LogP contribution in [0.25, 0.3) is 11.1 Å². The van der Waals surface area contributed by atoms with E-state index in [-0.39, 0.29) is 18.6 Å². The van der Waals surface area contributed by atoms with Crippen LogP contribution in [0.5, 0.6) is 5.75 Å². The summed E-state index contributed by atoms with van der Waals surface area (Å²) in [4.78, 5) is 4.67. The molecular weight excluding hydrogens is 394 g/mol. The maximum atomic E-state index is 11.2. The number of aromatic nitrogens is 1. The van der Waals surface area contributed by atoms with Gasteiger partial charge in [-0.25, -0.2) is 4.98 Å². The molecule has 2 aliphatic rings. The first-order valence-electron chi connectivity index (χ1n) is 10.4. The predicted octanol–water partition coefficient (Wildman–Crippen LogP) is 4.02. The molecule has 1 atom stereocenters. The highest BCUT2D eigenvalue weighted by Crippen LogP contribution is 2.36. The third-order valence-corrected chi connectivity index (χ3v) is 6.17. The van der Waals surface area contributed by atoms with Crippen LogP contribution < -0.4 is 4.74 Å². The van der Waals surface area contributed by atoms with Crippen LogP contribution in [0.3, 0.4) is 0 Å². The van der Waals surface area contributed by atoms with E-state index in [1.54, 1.807) is 6.92 Å². The molecule has 29 heavy (non-hydrogen) atoms. The molecule has 0 amide bonds. The van der Waals surface area contributed by atoms with Gasteiger partial charge in [0.2, 0.25) is 0 Å². The maximum Gasteiger partial charge on any atom is 0.264 e. The molecule has 160 valence electrons. The first-order chi connectivity index (χ1) is 13.9. The van der Waals surface area contributed by atoms with Gasteiger partial charge < -0.3 is 13.9 Å². The van der Waals surface area contributed by atoms with Crippen LogP contribution in [0, 0.1) is 5.92 Å². The van der Waals surface area contributed by atoms with Gasteiger partial charge in [0.15, 0.2) is 11.5 Å². The van der Waals surface area contributed by atoms with Crippen LogP contribution in [0.2, 0.25) is 0 Å². The summed E-state index contributed by atoms with van der Waals surface area (Å²) in [6.45, 7) is 2.76. The summed E-state index contributed by atoms with van der Waals surface area (Å²) >= 11 is 0. The highest BCUT2D eigenvalue weighted by atomic mass is 32.2. The molecule has 2 saturated carbocycles. The van der Waals surface area contributed by atoms with Crippen molar-refractivity contribution in [3.63, 3.8) is 0 Å². The summed E-state index contributed by atoms with van der Waals surface area (Å²) in [5.74, 6) is 2.62. The molecule has 0 saturated heterocycles. The predicted molar refractivity (Wildman–Crippen MR) is 109 cm³/mol. The van der Waals surface area contributed by atoms with Crippen molar-refractivity contribution in [2.75, 3.05) is 19.5 Å². The fourth-order valence-electron chi connectivity index (χ4n) is 3.76. The van der Waals surface area contributed by atoms with E-state index < -0.39 is 16.2 Å². The van der Waals surface area contributed by atoms with Crippen molar-refractivity contribution in [3.05, 3.63) is 24.1 Å². The quantitative estimate of drug-likeness (QED) is 0.563. The molecule has 8 heteroatoms. The monoisotopic (exact) mass is 423 g/mol. The standard InChI is InChI=1S/C21H29NO6S/c1-14(28-29(2,23)24)12-25-17-7-5-16(6-8-17)21-22-19-10-9-18(11-20(19)27-21)26-13-15-3-4-15/h9-11,14-17H,3-8,12-13H2,1-2H3/t14?,16-,17-. The minimum absolute atomic E-state index is 0.115. The molecule has 1 aromatic heterocycles. The topological polar surface area (TPSA) is 87.9 Å². The zero-order valence-corrected chi connectivity index (χ0v) is 17.8. The van der Waals surface area contributed by atoms with E-state index in [4.69, 9.17) is 18.1 Å². The number of fused-ring (bicyclic) bond motifs is 1. The second-order valence-electron chi connectivity index (χ2n) is 8.35. The lowest BCUT2D eigenvalue weighted by Crippen LogP contribution is -2.26. The Morgan fingerprint density at radius 2 is 1.93 bits per heavy atom. The van der Waals surface area contributed by atoms with Crippen molar-refractivity contribution in [2.24, 2.45) is 5.92 Å². The Morgan fingerprint density at radius 3 is 2.62 bits per heavy atom. The average molecular weight is 424 g/mol. The third kappa shape index (κ3) is 5.93. The summed E-state index contributed by atoms with van der Waals surface area (Å²) in [6, 6.07) is 5.86. The van der Waals surface area contributed by atoms with Crippen LogP contribution in [0.1, 0.15) is 57.3 Å². The summed E-state index contributed by atoms with van der Waals surface area (Å²) in [5, 5.41) is 0. The number of nitrogens with zero attached hydrogens (tertiary/aromatic N) is 1. The number of oxazole rings is 1. The first-order valence-corrected chi connectivity index (χ1v) is 12.2. The highest BCUT2D eigenvalue weighted by Gasteiger charge is 2.27. The summed E-state index contributed by atoms with van der Waals surface area (Å²) in [6.07, 6.45) is 6.88. The van der Waals surface area contributed by atoms with E-state index in [1.165, 1.54) is 12.8 Å². The van der Waals surface area contributed by atoms with Crippen molar-refractivity contribution in [2.45, 2.75) is 63.6 Å². The Balaban J connectivity index is 1.28. The van der Waals surface area contributed by atoms with E-state index in [0.717, 1.165) is 61.3 Å². The Labute approximate surface area is 171 Å². The van der Waals surface area contributed by atoms with Crippen molar-refractivity contribution in [3.8, 4) is 5.75 Å². The van der Waals surface area contributed by atoms with Gasteiger partial charge in [-0.3, -0.25) is 4.18 Å². The SMILES string of the molecule is CC(CO[C@H]1CC[C@H](c2nc3ccc(OCC4CC4)cc3o2)CC1)OS(C)(=O)=O. The summed E-state index contributed by atoms with van der Waals surface area (Å²) in [7, 11) is -3.45. The van der Waals surface area contributed by atoms with Gasteiger partial charge in [0.25, 0.3) is 10.1 Å². The van der Waals surface area contributed by atoms with E-state index in [9.17, 15) is 8.42 Å². The van der Waals surface area contributed by atoms with E-state index in [0.29, 0.717) is 5.92 Å². The Morgan fingerprint density at radius 1 is 1.17 bits per heavy atom. The Kier molecular flexibility index (Phi) is 6.13. The van der Waals surface area contributed by atoms with Gasteiger partial charge in [-0.1, -0.05) is 0 Å². The molecule has 4 rings (SSSR count). The third-order valence-electron chi connectivity index (χ3n) is 5.49. The van der Waals surface area contributed by atoms with Crippen molar-refractivity contribution >= 4 is 21.2 Å². The first kappa shape index (κ1) is 20.6. The minimum Gasteiger partial charge on any atom is -0.493 e. The normalized spacial score (nSPS) is 23.9. The van der Waals surface area contributed by atoms with Crippen LogP contribution in [0.15, 0.2) is 22.6 Å². The molecule has 1 unspecified atom stereocenters. The van der Waals surface area contributed by atoms with E-state index >= 15 is 0 Å². The second kappa shape index (κ2) is 8.62. The van der Waals surface area contributed by atoms with Gasteiger partial charge in [-0.05, 0) is 63.5 Å². The fourth-order valence-corrected chi connectivity index (χ4v) is 4.41. The second-order valence-corrected chi connectivity index (χ2v) is 9.95. The number of hydrogen-bond donors (Lipinski definition) is 0. The van der Waals surface area contributed by atoms with E-state index in [1.807, 2.05) is 18.2 Å². The molecule has 7 nitrogen and oxygen atoms in total. The zero-order valence-electron chi connectivity index (χ0n) is 17.0. The molecule has 1 heterocycles. The molecular formula is C21H29NO6S. The molecule has 0 aliphatic heterocycles. The van der Waals surface area contributed by atoms with Gasteiger partial charge in [0, 0.05) is 12.0 Å². The maximum absolute atomic E-state index is 11.2. The lowest BCUT2D eigenvalue weighted by Gasteiger charge is -2.27. The van der Waals surface area contributed by atoms with Crippen LogP contribution in [-0.2, 0) is 19.0 Å². The molecule has 2 aliphatic carbocycles. The van der Waals surface area contributed by atoms with Gasteiger partial charge in [-0.15, -0.1) is 0 Å². The lowest BCUT2D eigenvalue weighted by molar-refractivity contribution is -0.0125. The molecule has 1 aromatic carbocycles. The van der Waals surface area contributed by atoms with E-state index in [2.05, 4.69) is 4.98 Å². The highest BCUT2D eigenvalue weighted by molar-refractivity contribution is 7.86.